The quantitative estimate of drug-likeness (QED) is 0.505. The van der Waals surface area contributed by atoms with Crippen LogP contribution in [0.15, 0.2) is 52.8 Å². The van der Waals surface area contributed by atoms with Crippen molar-refractivity contribution in [3.63, 3.8) is 0 Å². The van der Waals surface area contributed by atoms with Gasteiger partial charge in [-0.05, 0) is 56.0 Å². The number of fused-ring (bicyclic) bond motifs is 1. The van der Waals surface area contributed by atoms with Crippen LogP contribution in [0.2, 0.25) is 0 Å². The van der Waals surface area contributed by atoms with E-state index in [4.69, 9.17) is 5.73 Å². The molecule has 3 N–H and O–H groups in total. The van der Waals surface area contributed by atoms with E-state index in [9.17, 15) is 9.59 Å². The van der Waals surface area contributed by atoms with Gasteiger partial charge in [0.05, 0.1) is 17.3 Å². The minimum absolute atomic E-state index is 0.0162. The van der Waals surface area contributed by atoms with Gasteiger partial charge in [0.2, 0.25) is 0 Å². The fourth-order valence-electron chi connectivity index (χ4n) is 5.13. The van der Waals surface area contributed by atoms with Crippen LogP contribution >= 0.6 is 15.9 Å². The summed E-state index contributed by atoms with van der Waals surface area (Å²) in [5.74, 6) is -0.0247. The highest BCUT2D eigenvalue weighted by atomic mass is 79.9. The molecule has 2 amide bonds. The molecule has 1 aromatic carbocycles. The highest BCUT2D eigenvalue weighted by Gasteiger charge is 2.29. The van der Waals surface area contributed by atoms with Gasteiger partial charge in [-0.25, -0.2) is 0 Å². The number of nitrogens with zero attached hydrogens (tertiary/aromatic N) is 4. The van der Waals surface area contributed by atoms with Gasteiger partial charge in [-0.2, -0.15) is 10.2 Å². The molecule has 4 rings (SSSR count). The molecule has 2 aliphatic rings. The van der Waals surface area contributed by atoms with Gasteiger partial charge in [0, 0.05) is 54.9 Å². The minimum Gasteiger partial charge on any atom is -0.382 e. The van der Waals surface area contributed by atoms with Crippen LogP contribution in [-0.4, -0.2) is 70.1 Å². The number of halogens is 1. The van der Waals surface area contributed by atoms with Gasteiger partial charge in [-0.3, -0.25) is 9.59 Å². The Bertz CT molecular complexity index is 1150. The van der Waals surface area contributed by atoms with E-state index in [0.29, 0.717) is 36.2 Å². The standard InChI is InChI=1S/C27H35BrN6O2/c1-18(28)15-23(29)25(19(2)26(35)33-12-6-3-7-13-33)31-20-9-8-14-34(17-20)27(36)22-16-30-32-24-11-5-4-10-21(22)24/h4-5,10-11,16,20,23,31H,1,3,6-9,12-15,17,29H2,2H3/b25-19-/t20-,23?/m1/s1. The lowest BCUT2D eigenvalue weighted by molar-refractivity contribution is -0.128. The van der Waals surface area contributed by atoms with Gasteiger partial charge in [-0.1, -0.05) is 40.7 Å². The van der Waals surface area contributed by atoms with Crippen LogP contribution in [0.4, 0.5) is 0 Å². The summed E-state index contributed by atoms with van der Waals surface area (Å²) >= 11 is 3.42. The summed E-state index contributed by atoms with van der Waals surface area (Å²) in [6.45, 7) is 8.55. The van der Waals surface area contributed by atoms with Crippen LogP contribution in [0.1, 0.15) is 55.8 Å². The fourth-order valence-corrected chi connectivity index (χ4v) is 5.48. The van der Waals surface area contributed by atoms with Crippen molar-refractivity contribution in [1.29, 1.82) is 0 Å². The van der Waals surface area contributed by atoms with Crippen molar-refractivity contribution in [1.82, 2.24) is 25.3 Å². The molecule has 2 atom stereocenters. The third-order valence-corrected chi connectivity index (χ3v) is 7.35. The fraction of sp³-hybridized carbons (Fsp3) is 0.481. The van der Waals surface area contributed by atoms with Gasteiger partial charge in [-0.15, -0.1) is 0 Å². The molecule has 1 unspecified atom stereocenters. The van der Waals surface area contributed by atoms with Gasteiger partial charge >= 0.3 is 0 Å². The number of hydrogen-bond donors (Lipinski definition) is 2. The normalized spacial score (nSPS) is 20.0. The highest BCUT2D eigenvalue weighted by molar-refractivity contribution is 9.11. The zero-order valence-corrected chi connectivity index (χ0v) is 22.5. The molecular weight excluding hydrogens is 520 g/mol. The van der Waals surface area contributed by atoms with Crippen molar-refractivity contribution in [3.8, 4) is 0 Å². The van der Waals surface area contributed by atoms with E-state index in [1.54, 1.807) is 6.20 Å². The smallest absolute Gasteiger partial charge is 0.256 e. The molecule has 2 saturated heterocycles. The summed E-state index contributed by atoms with van der Waals surface area (Å²) in [5, 5.41) is 12.6. The molecule has 0 spiro atoms. The first-order valence-corrected chi connectivity index (χ1v) is 13.5. The van der Waals surface area contributed by atoms with Crippen LogP contribution < -0.4 is 11.1 Å². The Morgan fingerprint density at radius 1 is 1.17 bits per heavy atom. The van der Waals surface area contributed by atoms with Crippen molar-refractivity contribution >= 4 is 38.6 Å². The first kappa shape index (κ1) is 26.3. The molecule has 2 fully saturated rings. The highest BCUT2D eigenvalue weighted by Crippen LogP contribution is 2.23. The summed E-state index contributed by atoms with van der Waals surface area (Å²) in [6.07, 6.45) is 7.02. The Balaban J connectivity index is 1.54. The summed E-state index contributed by atoms with van der Waals surface area (Å²) < 4.78 is 0.782. The molecular formula is C27H35BrN6O2. The zero-order chi connectivity index (χ0) is 25.7. The Labute approximate surface area is 221 Å². The average Bonchev–Trinajstić information content (AvgIpc) is 2.90. The molecule has 3 heterocycles. The van der Waals surface area contributed by atoms with Gasteiger partial charge in [0.25, 0.3) is 11.8 Å². The molecule has 2 aromatic rings. The third kappa shape index (κ3) is 6.13. The maximum atomic E-state index is 13.5. The Kier molecular flexibility index (Phi) is 8.74. The van der Waals surface area contributed by atoms with Crippen molar-refractivity contribution in [2.75, 3.05) is 26.2 Å². The topological polar surface area (TPSA) is 104 Å². The van der Waals surface area contributed by atoms with E-state index in [1.807, 2.05) is 41.0 Å². The number of aromatic nitrogens is 2. The Morgan fingerprint density at radius 3 is 2.64 bits per heavy atom. The van der Waals surface area contributed by atoms with Crippen LogP contribution in [0.3, 0.4) is 0 Å². The third-order valence-electron chi connectivity index (χ3n) is 7.03. The number of nitrogens with two attached hydrogens (primary N) is 1. The number of likely N-dealkylation sites (tertiary alicyclic amines) is 2. The van der Waals surface area contributed by atoms with Gasteiger partial charge in [0.1, 0.15) is 0 Å². The summed E-state index contributed by atoms with van der Waals surface area (Å²) in [6, 6.07) is 7.14. The molecule has 8 nitrogen and oxygen atoms in total. The van der Waals surface area contributed by atoms with Gasteiger partial charge < -0.3 is 20.9 Å². The lowest BCUT2D eigenvalue weighted by Crippen LogP contribution is -2.50. The molecule has 2 aliphatic heterocycles. The van der Waals surface area contributed by atoms with Crippen molar-refractivity contribution in [3.05, 3.63) is 58.4 Å². The summed E-state index contributed by atoms with van der Waals surface area (Å²) in [4.78, 5) is 30.6. The summed E-state index contributed by atoms with van der Waals surface area (Å²) in [5.41, 5.74) is 9.21. The predicted molar refractivity (Wildman–Crippen MR) is 145 cm³/mol. The van der Waals surface area contributed by atoms with Crippen LogP contribution in [0.5, 0.6) is 0 Å². The number of piperidine rings is 2. The maximum Gasteiger partial charge on any atom is 0.256 e. The molecule has 9 heteroatoms. The van der Waals surface area contributed by atoms with Crippen molar-refractivity contribution in [2.24, 2.45) is 5.73 Å². The van der Waals surface area contributed by atoms with Crippen molar-refractivity contribution in [2.45, 2.75) is 57.5 Å². The second kappa shape index (κ2) is 12.0. The molecule has 0 aliphatic carbocycles. The van der Waals surface area contributed by atoms with E-state index in [1.165, 1.54) is 0 Å². The number of carbonyl (C=O) groups is 2. The Hall–Kier alpha value is -2.78. The molecule has 36 heavy (non-hydrogen) atoms. The zero-order valence-electron chi connectivity index (χ0n) is 20.9. The van der Waals surface area contributed by atoms with Crippen LogP contribution in [0, 0.1) is 0 Å². The van der Waals surface area contributed by atoms with E-state index in [0.717, 1.165) is 60.8 Å². The minimum atomic E-state index is -0.398. The first-order chi connectivity index (χ1) is 17.3. The lowest BCUT2D eigenvalue weighted by atomic mass is 9.99. The second-order valence-corrected chi connectivity index (χ2v) is 10.9. The molecule has 0 bridgehead atoms. The number of amides is 2. The predicted octanol–water partition coefficient (Wildman–Crippen LogP) is 3.74. The Morgan fingerprint density at radius 2 is 1.89 bits per heavy atom. The second-order valence-electron chi connectivity index (χ2n) is 9.73. The van der Waals surface area contributed by atoms with Crippen LogP contribution in [0.25, 0.3) is 10.9 Å². The average molecular weight is 556 g/mol. The van der Waals surface area contributed by atoms with E-state index in [2.05, 4.69) is 38.0 Å². The van der Waals surface area contributed by atoms with E-state index < -0.39 is 6.04 Å². The lowest BCUT2D eigenvalue weighted by Gasteiger charge is -2.36. The van der Waals surface area contributed by atoms with E-state index >= 15 is 0 Å². The first-order valence-electron chi connectivity index (χ1n) is 12.7. The molecule has 1 aromatic heterocycles. The van der Waals surface area contributed by atoms with Gasteiger partial charge in [0.15, 0.2) is 0 Å². The number of carbonyl (C=O) groups excluding carboxylic acids is 2. The molecule has 0 radical (unpaired) electrons. The van der Waals surface area contributed by atoms with Crippen LogP contribution in [-0.2, 0) is 4.79 Å². The molecule has 0 saturated carbocycles. The SMILES string of the molecule is C=C(Br)CC(N)/C(N[C@@H]1CCCN(C(=O)c2cnnc3ccccc23)C1)=C(\C)C(=O)N1CCCCC1. The van der Waals surface area contributed by atoms with Crippen molar-refractivity contribution < 1.29 is 9.59 Å². The number of hydrogen-bond acceptors (Lipinski definition) is 6. The number of benzene rings is 1. The number of nitrogens with one attached hydrogen (secondary N) is 1. The monoisotopic (exact) mass is 554 g/mol. The molecule has 192 valence electrons. The maximum absolute atomic E-state index is 13.5. The largest absolute Gasteiger partial charge is 0.382 e. The summed E-state index contributed by atoms with van der Waals surface area (Å²) in [7, 11) is 0. The van der Waals surface area contributed by atoms with E-state index in [-0.39, 0.29) is 17.9 Å². The number of rotatable bonds is 7.